The van der Waals surface area contributed by atoms with E-state index >= 15 is 0 Å². The van der Waals surface area contributed by atoms with Crippen LogP contribution in [0, 0.1) is 0 Å². The lowest BCUT2D eigenvalue weighted by atomic mass is 10.0. The van der Waals surface area contributed by atoms with E-state index in [1.807, 2.05) is 84.9 Å². The lowest BCUT2D eigenvalue weighted by Crippen LogP contribution is -2.26. The van der Waals surface area contributed by atoms with E-state index in [0.29, 0.717) is 28.1 Å². The highest BCUT2D eigenvalue weighted by molar-refractivity contribution is 8.01. The quantitative estimate of drug-likeness (QED) is 0.296. The number of thioether (sulfide) groups is 1. The van der Waals surface area contributed by atoms with Gasteiger partial charge in [0.2, 0.25) is 5.91 Å². The molecule has 0 aliphatic heterocycles. The van der Waals surface area contributed by atoms with Gasteiger partial charge in [0.1, 0.15) is 10.7 Å². The maximum atomic E-state index is 13.0. The molecule has 34 heavy (non-hydrogen) atoms. The molecule has 5 rings (SSSR count). The number of carbonyl (C=O) groups excluding carboxylic acids is 2. The molecule has 1 heterocycles. The zero-order valence-electron chi connectivity index (χ0n) is 18.4. The second kappa shape index (κ2) is 10.2. The van der Waals surface area contributed by atoms with Crippen LogP contribution in [0.25, 0.3) is 22.4 Å². The van der Waals surface area contributed by atoms with Gasteiger partial charge >= 0.3 is 0 Å². The normalized spacial score (nSPS) is 12.8. The Morgan fingerprint density at radius 1 is 0.853 bits per heavy atom. The molecule has 3 aromatic carbocycles. The Bertz CT molecular complexity index is 1280. The molecule has 1 saturated carbocycles. The summed E-state index contributed by atoms with van der Waals surface area (Å²) in [4.78, 5) is 29.9. The highest BCUT2D eigenvalue weighted by Gasteiger charge is 2.23. The van der Waals surface area contributed by atoms with E-state index in [0.717, 1.165) is 33.9 Å². The van der Waals surface area contributed by atoms with Crippen LogP contribution in [0.1, 0.15) is 23.2 Å². The number of hydrogen-bond donors (Lipinski definition) is 2. The Labute approximate surface area is 206 Å². The highest BCUT2D eigenvalue weighted by atomic mass is 32.2. The second-order valence-corrected chi connectivity index (χ2v) is 10.3. The van der Waals surface area contributed by atoms with Crippen LogP contribution in [0.2, 0.25) is 0 Å². The third-order valence-corrected chi connectivity index (χ3v) is 7.52. The van der Waals surface area contributed by atoms with Crippen molar-refractivity contribution in [3.05, 3.63) is 90.5 Å². The van der Waals surface area contributed by atoms with E-state index in [9.17, 15) is 9.59 Å². The van der Waals surface area contributed by atoms with Gasteiger partial charge in [-0.15, -0.1) is 0 Å². The fourth-order valence-electron chi connectivity index (χ4n) is 3.48. The SMILES string of the molecule is O=C(CSc1nc(-c2ccccc2)c(NC(=O)c2ccc(-c3ccccc3)cc2)s1)NC1CC1. The van der Waals surface area contributed by atoms with E-state index in [1.165, 1.54) is 23.1 Å². The van der Waals surface area contributed by atoms with E-state index < -0.39 is 0 Å². The van der Waals surface area contributed by atoms with Gasteiger partial charge in [-0.2, -0.15) is 0 Å². The molecule has 0 bridgehead atoms. The first-order valence-electron chi connectivity index (χ1n) is 11.1. The molecule has 0 saturated heterocycles. The maximum Gasteiger partial charge on any atom is 0.256 e. The number of hydrogen-bond acceptors (Lipinski definition) is 5. The summed E-state index contributed by atoms with van der Waals surface area (Å²) in [6.07, 6.45) is 2.13. The molecule has 2 amide bonds. The Morgan fingerprint density at radius 3 is 2.12 bits per heavy atom. The number of benzene rings is 3. The molecule has 7 heteroatoms. The number of anilines is 1. The molecular formula is C27H23N3O2S2. The van der Waals surface area contributed by atoms with Gasteiger partial charge in [-0.1, -0.05) is 95.9 Å². The van der Waals surface area contributed by atoms with Crippen molar-refractivity contribution in [2.45, 2.75) is 23.2 Å². The molecule has 2 N–H and O–H groups in total. The molecule has 0 spiro atoms. The van der Waals surface area contributed by atoms with Crippen LogP contribution < -0.4 is 10.6 Å². The zero-order chi connectivity index (χ0) is 23.3. The van der Waals surface area contributed by atoms with Gasteiger partial charge in [0.05, 0.1) is 5.75 Å². The molecule has 1 aromatic heterocycles. The summed E-state index contributed by atoms with van der Waals surface area (Å²) in [5, 5.41) is 6.71. The Balaban J connectivity index is 1.33. The number of nitrogens with zero attached hydrogens (tertiary/aromatic N) is 1. The van der Waals surface area contributed by atoms with E-state index in [4.69, 9.17) is 4.98 Å². The van der Waals surface area contributed by atoms with Gasteiger partial charge in [0.25, 0.3) is 5.91 Å². The van der Waals surface area contributed by atoms with Gasteiger partial charge in [0, 0.05) is 17.2 Å². The topological polar surface area (TPSA) is 71.1 Å². The van der Waals surface area contributed by atoms with Crippen LogP contribution >= 0.6 is 23.1 Å². The van der Waals surface area contributed by atoms with Crippen molar-refractivity contribution in [3.8, 4) is 22.4 Å². The second-order valence-electron chi connectivity index (χ2n) is 8.05. The van der Waals surface area contributed by atoms with Crippen LogP contribution in [0.5, 0.6) is 0 Å². The number of nitrogens with one attached hydrogen (secondary N) is 2. The van der Waals surface area contributed by atoms with Gasteiger partial charge in [-0.25, -0.2) is 4.98 Å². The summed E-state index contributed by atoms with van der Waals surface area (Å²) in [6, 6.07) is 27.7. The van der Waals surface area contributed by atoms with Gasteiger partial charge in [-0.3, -0.25) is 9.59 Å². The van der Waals surface area contributed by atoms with Gasteiger partial charge in [-0.05, 0) is 36.1 Å². The fraction of sp³-hybridized carbons (Fsp3) is 0.148. The minimum absolute atomic E-state index is 0.0213. The summed E-state index contributed by atoms with van der Waals surface area (Å²) in [5.74, 6) is 0.142. The first kappa shape index (κ1) is 22.4. The smallest absolute Gasteiger partial charge is 0.256 e. The molecule has 5 nitrogen and oxygen atoms in total. The number of aromatic nitrogens is 1. The van der Waals surface area contributed by atoms with Crippen LogP contribution in [0.3, 0.4) is 0 Å². The molecule has 4 aromatic rings. The molecular weight excluding hydrogens is 462 g/mol. The number of rotatable bonds is 8. The van der Waals surface area contributed by atoms with Crippen LogP contribution in [0.15, 0.2) is 89.3 Å². The minimum Gasteiger partial charge on any atom is -0.353 e. The van der Waals surface area contributed by atoms with E-state index in [2.05, 4.69) is 10.6 Å². The molecule has 1 fully saturated rings. The van der Waals surface area contributed by atoms with Gasteiger partial charge < -0.3 is 10.6 Å². The number of carbonyl (C=O) groups is 2. The van der Waals surface area contributed by atoms with Crippen molar-refractivity contribution in [2.75, 3.05) is 11.1 Å². The maximum absolute atomic E-state index is 13.0. The average Bonchev–Trinajstić information content (AvgIpc) is 3.61. The Kier molecular flexibility index (Phi) is 6.74. The molecule has 170 valence electrons. The lowest BCUT2D eigenvalue weighted by molar-refractivity contribution is -0.118. The minimum atomic E-state index is -0.191. The Morgan fingerprint density at radius 2 is 1.47 bits per heavy atom. The lowest BCUT2D eigenvalue weighted by Gasteiger charge is -2.07. The van der Waals surface area contributed by atoms with Crippen molar-refractivity contribution in [2.24, 2.45) is 0 Å². The number of thiazole rings is 1. The zero-order valence-corrected chi connectivity index (χ0v) is 20.0. The first-order chi connectivity index (χ1) is 16.7. The predicted octanol–water partition coefficient (Wildman–Crippen LogP) is 6.10. The van der Waals surface area contributed by atoms with Crippen molar-refractivity contribution >= 4 is 39.9 Å². The van der Waals surface area contributed by atoms with Crippen molar-refractivity contribution in [1.29, 1.82) is 0 Å². The number of amides is 2. The van der Waals surface area contributed by atoms with Crippen molar-refractivity contribution in [1.82, 2.24) is 10.3 Å². The average molecular weight is 486 g/mol. The van der Waals surface area contributed by atoms with Crippen molar-refractivity contribution < 1.29 is 9.59 Å². The molecule has 0 atom stereocenters. The predicted molar refractivity (Wildman–Crippen MR) is 139 cm³/mol. The summed E-state index contributed by atoms with van der Waals surface area (Å²) in [7, 11) is 0. The van der Waals surface area contributed by atoms with E-state index in [-0.39, 0.29) is 11.8 Å². The van der Waals surface area contributed by atoms with Crippen molar-refractivity contribution in [3.63, 3.8) is 0 Å². The van der Waals surface area contributed by atoms with Crippen LogP contribution in [-0.4, -0.2) is 28.6 Å². The van der Waals surface area contributed by atoms with Gasteiger partial charge in [0.15, 0.2) is 4.34 Å². The summed E-state index contributed by atoms with van der Waals surface area (Å²) in [6.45, 7) is 0. The molecule has 0 unspecified atom stereocenters. The third kappa shape index (κ3) is 5.55. The Hall–Kier alpha value is -3.42. The third-order valence-electron chi connectivity index (χ3n) is 5.41. The fourth-order valence-corrected chi connectivity index (χ4v) is 5.35. The summed E-state index contributed by atoms with van der Waals surface area (Å²) >= 11 is 2.79. The highest BCUT2D eigenvalue weighted by Crippen LogP contribution is 2.38. The standard InChI is InChI=1S/C27H23N3O2S2/c31-23(28-22-15-16-22)17-33-27-29-24(20-9-5-2-6-10-20)26(34-27)30-25(32)21-13-11-19(12-14-21)18-7-3-1-4-8-18/h1-14,22H,15-17H2,(H,28,31)(H,30,32). The van der Waals surface area contributed by atoms with E-state index in [1.54, 1.807) is 0 Å². The first-order valence-corrected chi connectivity index (χ1v) is 12.9. The molecule has 0 radical (unpaired) electrons. The summed E-state index contributed by atoms with van der Waals surface area (Å²) in [5.41, 5.74) is 4.37. The molecule has 1 aliphatic rings. The monoisotopic (exact) mass is 485 g/mol. The van der Waals surface area contributed by atoms with Crippen LogP contribution in [-0.2, 0) is 4.79 Å². The molecule has 1 aliphatic carbocycles. The van der Waals surface area contributed by atoms with Crippen LogP contribution in [0.4, 0.5) is 5.00 Å². The largest absolute Gasteiger partial charge is 0.353 e. The summed E-state index contributed by atoms with van der Waals surface area (Å²) < 4.78 is 0.750.